The third-order valence-electron chi connectivity index (χ3n) is 5.83. The number of thiophene rings is 1. The molecule has 6 heteroatoms. The van der Waals surface area contributed by atoms with E-state index in [0.717, 1.165) is 61.7 Å². The number of anilines is 1. The van der Waals surface area contributed by atoms with Gasteiger partial charge in [0.25, 0.3) is 5.56 Å². The number of fused-ring (bicyclic) bond motifs is 3. The van der Waals surface area contributed by atoms with Gasteiger partial charge in [-0.1, -0.05) is 30.3 Å². The first-order chi connectivity index (χ1) is 13.2. The van der Waals surface area contributed by atoms with Crippen LogP contribution in [0.5, 0.6) is 0 Å². The van der Waals surface area contributed by atoms with Crippen LogP contribution >= 0.6 is 11.3 Å². The molecule has 0 N–H and O–H groups in total. The predicted molar refractivity (Wildman–Crippen MR) is 111 cm³/mol. The summed E-state index contributed by atoms with van der Waals surface area (Å²) in [6, 6.07) is 10.6. The average molecular weight is 381 g/mol. The van der Waals surface area contributed by atoms with Gasteiger partial charge in [0.15, 0.2) is 0 Å². The van der Waals surface area contributed by atoms with Crippen molar-refractivity contribution in [1.29, 1.82) is 0 Å². The Morgan fingerprint density at radius 2 is 1.85 bits per heavy atom. The van der Waals surface area contributed by atoms with Gasteiger partial charge < -0.3 is 4.90 Å². The van der Waals surface area contributed by atoms with Gasteiger partial charge in [0.05, 0.1) is 5.39 Å². The fraction of sp³-hybridized carbons (Fsp3) is 0.429. The fourth-order valence-electron chi connectivity index (χ4n) is 4.34. The lowest BCUT2D eigenvalue weighted by atomic mass is 10.2. The molecule has 0 spiro atoms. The Morgan fingerprint density at radius 1 is 1.07 bits per heavy atom. The Morgan fingerprint density at radius 3 is 2.63 bits per heavy atom. The van der Waals surface area contributed by atoms with Crippen molar-refractivity contribution in [3.63, 3.8) is 0 Å². The van der Waals surface area contributed by atoms with Crippen molar-refractivity contribution in [3.8, 4) is 0 Å². The standard InChI is InChI=1S/C21H24N4OS/c1-23-20(26)18-16-8-5-9-17(16)27-19(18)22-21(23)25-12-10-24(11-13-25)14-15-6-3-2-4-7-15/h2-4,6-7H,5,8-14H2,1H3. The quantitative estimate of drug-likeness (QED) is 0.701. The van der Waals surface area contributed by atoms with Crippen molar-refractivity contribution in [3.05, 3.63) is 56.7 Å². The molecular weight excluding hydrogens is 356 g/mol. The zero-order valence-electron chi connectivity index (χ0n) is 15.6. The number of aromatic nitrogens is 2. The molecule has 1 saturated heterocycles. The van der Waals surface area contributed by atoms with Crippen molar-refractivity contribution >= 4 is 27.5 Å². The molecule has 0 radical (unpaired) electrons. The van der Waals surface area contributed by atoms with Gasteiger partial charge in [-0.15, -0.1) is 11.3 Å². The van der Waals surface area contributed by atoms with Gasteiger partial charge in [0.2, 0.25) is 5.95 Å². The summed E-state index contributed by atoms with van der Waals surface area (Å²) >= 11 is 1.73. The topological polar surface area (TPSA) is 41.4 Å². The van der Waals surface area contributed by atoms with Gasteiger partial charge in [-0.3, -0.25) is 14.3 Å². The molecular formula is C21H24N4OS. The zero-order chi connectivity index (χ0) is 18.4. The summed E-state index contributed by atoms with van der Waals surface area (Å²) in [5.74, 6) is 0.826. The molecule has 1 aromatic carbocycles. The first-order valence-electron chi connectivity index (χ1n) is 9.73. The number of piperazine rings is 1. The molecule has 27 heavy (non-hydrogen) atoms. The summed E-state index contributed by atoms with van der Waals surface area (Å²) in [7, 11) is 1.87. The molecule has 1 aliphatic carbocycles. The lowest BCUT2D eigenvalue weighted by Gasteiger charge is -2.35. The summed E-state index contributed by atoms with van der Waals surface area (Å²) < 4.78 is 1.76. The van der Waals surface area contributed by atoms with Gasteiger partial charge >= 0.3 is 0 Å². The maximum atomic E-state index is 13.0. The highest BCUT2D eigenvalue weighted by Gasteiger charge is 2.25. The summed E-state index contributed by atoms with van der Waals surface area (Å²) in [6.07, 6.45) is 3.31. The van der Waals surface area contributed by atoms with Gasteiger partial charge in [0, 0.05) is 44.6 Å². The summed E-state index contributed by atoms with van der Waals surface area (Å²) in [4.78, 5) is 25.0. The minimum absolute atomic E-state index is 0.126. The number of aryl methyl sites for hydroxylation is 2. The van der Waals surface area contributed by atoms with Crippen LogP contribution in [0.4, 0.5) is 5.95 Å². The van der Waals surface area contributed by atoms with E-state index in [2.05, 4.69) is 40.1 Å². The fourth-order valence-corrected chi connectivity index (χ4v) is 5.59. The van der Waals surface area contributed by atoms with Crippen LogP contribution in [0.1, 0.15) is 22.4 Å². The van der Waals surface area contributed by atoms with E-state index in [1.807, 2.05) is 7.05 Å². The summed E-state index contributed by atoms with van der Waals surface area (Å²) in [6.45, 7) is 4.78. The van der Waals surface area contributed by atoms with E-state index in [1.165, 1.54) is 22.4 Å². The second kappa shape index (κ2) is 6.77. The molecule has 5 nitrogen and oxygen atoms in total. The lowest BCUT2D eigenvalue weighted by molar-refractivity contribution is 0.248. The molecule has 0 unspecified atom stereocenters. The SMILES string of the molecule is Cn1c(N2CCN(Cc3ccccc3)CC2)nc2sc3c(c2c1=O)CCC3. The number of hydrogen-bond donors (Lipinski definition) is 0. The van der Waals surface area contributed by atoms with Crippen LogP contribution in [-0.4, -0.2) is 40.6 Å². The highest BCUT2D eigenvalue weighted by molar-refractivity contribution is 7.18. The van der Waals surface area contributed by atoms with E-state index in [-0.39, 0.29) is 5.56 Å². The van der Waals surface area contributed by atoms with E-state index >= 15 is 0 Å². The van der Waals surface area contributed by atoms with Crippen LogP contribution in [0, 0.1) is 0 Å². The summed E-state index contributed by atoms with van der Waals surface area (Å²) in [5.41, 5.74) is 2.74. The van der Waals surface area contributed by atoms with E-state index in [4.69, 9.17) is 4.98 Å². The summed E-state index contributed by atoms with van der Waals surface area (Å²) in [5, 5.41) is 0.876. The second-order valence-corrected chi connectivity index (χ2v) is 8.65. The Balaban J connectivity index is 1.37. The van der Waals surface area contributed by atoms with Crippen molar-refractivity contribution < 1.29 is 0 Å². The Kier molecular flexibility index (Phi) is 4.25. The van der Waals surface area contributed by atoms with Crippen LogP contribution < -0.4 is 10.5 Å². The molecule has 5 rings (SSSR count). The van der Waals surface area contributed by atoms with E-state index in [1.54, 1.807) is 15.9 Å². The third-order valence-corrected chi connectivity index (χ3v) is 7.01. The highest BCUT2D eigenvalue weighted by atomic mass is 32.1. The van der Waals surface area contributed by atoms with Gasteiger partial charge in [0.1, 0.15) is 4.83 Å². The molecule has 2 aromatic heterocycles. The Hall–Kier alpha value is -2.18. The minimum Gasteiger partial charge on any atom is -0.340 e. The minimum atomic E-state index is 0.126. The van der Waals surface area contributed by atoms with Crippen molar-refractivity contribution in [2.24, 2.45) is 7.05 Å². The maximum absolute atomic E-state index is 13.0. The number of hydrogen-bond acceptors (Lipinski definition) is 5. The van der Waals surface area contributed by atoms with E-state index < -0.39 is 0 Å². The number of nitrogens with zero attached hydrogens (tertiary/aromatic N) is 4. The van der Waals surface area contributed by atoms with E-state index in [0.29, 0.717) is 0 Å². The second-order valence-electron chi connectivity index (χ2n) is 7.56. The van der Waals surface area contributed by atoms with Crippen molar-refractivity contribution in [2.75, 3.05) is 31.1 Å². The van der Waals surface area contributed by atoms with Crippen LogP contribution in [-0.2, 0) is 26.4 Å². The van der Waals surface area contributed by atoms with Crippen LogP contribution in [0.2, 0.25) is 0 Å². The molecule has 2 aliphatic rings. The molecule has 140 valence electrons. The lowest BCUT2D eigenvalue weighted by Crippen LogP contribution is -2.47. The smallest absolute Gasteiger partial charge is 0.263 e. The molecule has 0 atom stereocenters. The van der Waals surface area contributed by atoms with Crippen molar-refractivity contribution in [2.45, 2.75) is 25.8 Å². The first-order valence-corrected chi connectivity index (χ1v) is 10.5. The number of benzene rings is 1. The van der Waals surface area contributed by atoms with Crippen LogP contribution in [0.25, 0.3) is 10.2 Å². The first kappa shape index (κ1) is 17.0. The average Bonchev–Trinajstić information content (AvgIpc) is 3.27. The normalized spacial score (nSPS) is 17.6. The highest BCUT2D eigenvalue weighted by Crippen LogP contribution is 2.35. The third kappa shape index (κ3) is 2.97. The molecule has 1 fully saturated rings. The molecule has 0 amide bonds. The van der Waals surface area contributed by atoms with Gasteiger partial charge in [-0.05, 0) is 30.4 Å². The monoisotopic (exact) mass is 380 g/mol. The van der Waals surface area contributed by atoms with E-state index in [9.17, 15) is 4.79 Å². The van der Waals surface area contributed by atoms with Crippen molar-refractivity contribution in [1.82, 2.24) is 14.5 Å². The maximum Gasteiger partial charge on any atom is 0.263 e. The zero-order valence-corrected chi connectivity index (χ0v) is 16.5. The van der Waals surface area contributed by atoms with Crippen LogP contribution in [0.15, 0.2) is 35.1 Å². The molecule has 1 aliphatic heterocycles. The molecule has 3 heterocycles. The van der Waals surface area contributed by atoms with Crippen LogP contribution in [0.3, 0.4) is 0 Å². The molecule has 0 saturated carbocycles. The molecule has 0 bridgehead atoms. The Labute approximate surface area is 162 Å². The van der Waals surface area contributed by atoms with Gasteiger partial charge in [-0.2, -0.15) is 0 Å². The largest absolute Gasteiger partial charge is 0.340 e. The molecule has 3 aromatic rings. The number of rotatable bonds is 3. The predicted octanol–water partition coefficient (Wildman–Crippen LogP) is 2.81. The van der Waals surface area contributed by atoms with Gasteiger partial charge in [-0.25, -0.2) is 4.98 Å². The Bertz CT molecular complexity index is 1030.